The Kier molecular flexibility index (Phi) is 4.19. The Labute approximate surface area is 144 Å². The zero-order valence-corrected chi connectivity index (χ0v) is 13.6. The monoisotopic (exact) mass is 337 g/mol. The van der Waals surface area contributed by atoms with E-state index in [1.165, 1.54) is 0 Å². The number of benzene rings is 1. The number of carbonyl (C=O) groups is 1. The molecule has 1 fully saturated rings. The summed E-state index contributed by atoms with van der Waals surface area (Å²) in [5.74, 6) is 0.0685. The average molecular weight is 337 g/mol. The Morgan fingerprint density at radius 2 is 2.04 bits per heavy atom. The molecule has 25 heavy (non-hydrogen) atoms. The van der Waals surface area contributed by atoms with Gasteiger partial charge in [-0.15, -0.1) is 0 Å². The summed E-state index contributed by atoms with van der Waals surface area (Å²) in [6, 6.07) is 12.9. The molecule has 6 heteroatoms. The predicted molar refractivity (Wildman–Crippen MR) is 91.6 cm³/mol. The summed E-state index contributed by atoms with van der Waals surface area (Å²) in [5.41, 5.74) is 2.12. The highest BCUT2D eigenvalue weighted by molar-refractivity contribution is 5.86. The van der Waals surface area contributed by atoms with Crippen LogP contribution in [0.5, 0.6) is 0 Å². The number of amides is 1. The van der Waals surface area contributed by atoms with Crippen molar-refractivity contribution in [2.45, 2.75) is 31.4 Å². The Hall–Kier alpha value is -2.73. The number of nitrogens with one attached hydrogen (secondary N) is 1. The molecular weight excluding hydrogens is 318 g/mol. The van der Waals surface area contributed by atoms with Crippen LogP contribution in [0.15, 0.2) is 53.2 Å². The van der Waals surface area contributed by atoms with Crippen LogP contribution in [0.3, 0.4) is 0 Å². The van der Waals surface area contributed by atoms with Gasteiger partial charge in [-0.25, -0.2) is 0 Å². The molecule has 1 saturated carbocycles. The first kappa shape index (κ1) is 15.8. The van der Waals surface area contributed by atoms with Gasteiger partial charge >= 0.3 is 0 Å². The summed E-state index contributed by atoms with van der Waals surface area (Å²) >= 11 is 0. The van der Waals surface area contributed by atoms with Crippen LogP contribution in [0.2, 0.25) is 0 Å². The van der Waals surface area contributed by atoms with Crippen LogP contribution in [0.1, 0.15) is 30.3 Å². The molecule has 0 unspecified atom stereocenters. The van der Waals surface area contributed by atoms with E-state index in [-0.39, 0.29) is 30.4 Å². The van der Waals surface area contributed by atoms with E-state index in [1.54, 1.807) is 6.20 Å². The average Bonchev–Trinajstić information content (AvgIpc) is 3.01. The van der Waals surface area contributed by atoms with Crippen LogP contribution in [-0.2, 0) is 11.2 Å². The van der Waals surface area contributed by atoms with Crippen LogP contribution in [0.25, 0.3) is 11.0 Å². The second-order valence-corrected chi connectivity index (χ2v) is 6.49. The molecule has 0 bridgehead atoms. The number of nitrogens with zero attached hydrogens (tertiary/aromatic N) is 2. The number of aliphatic hydroxyl groups is 1. The van der Waals surface area contributed by atoms with Crippen LogP contribution in [0.4, 0.5) is 0 Å². The lowest BCUT2D eigenvalue weighted by Crippen LogP contribution is -2.42. The van der Waals surface area contributed by atoms with E-state index in [4.69, 9.17) is 4.52 Å². The van der Waals surface area contributed by atoms with Gasteiger partial charge in [-0.1, -0.05) is 23.4 Å². The lowest BCUT2D eigenvalue weighted by Gasteiger charge is -2.37. The molecule has 2 N–H and O–H groups in total. The second kappa shape index (κ2) is 6.64. The highest BCUT2D eigenvalue weighted by Crippen LogP contribution is 2.37. The minimum absolute atomic E-state index is 0.129. The molecule has 0 aliphatic heterocycles. The molecule has 6 nitrogen and oxygen atoms in total. The highest BCUT2D eigenvalue weighted by Gasteiger charge is 2.36. The lowest BCUT2D eigenvalue weighted by atomic mass is 9.76. The lowest BCUT2D eigenvalue weighted by molar-refractivity contribution is -0.122. The maximum absolute atomic E-state index is 12.6. The van der Waals surface area contributed by atoms with Gasteiger partial charge in [0.05, 0.1) is 24.3 Å². The fraction of sp³-hybridized carbons (Fsp3) is 0.316. The van der Waals surface area contributed by atoms with Crippen LogP contribution < -0.4 is 5.32 Å². The summed E-state index contributed by atoms with van der Waals surface area (Å²) < 4.78 is 5.26. The summed E-state index contributed by atoms with van der Waals surface area (Å²) in [4.78, 5) is 17.0. The van der Waals surface area contributed by atoms with E-state index in [0.717, 1.165) is 11.1 Å². The Balaban J connectivity index is 1.50. The zero-order chi connectivity index (χ0) is 17.2. The highest BCUT2D eigenvalue weighted by atomic mass is 16.5. The SMILES string of the molecule is O=C(Cc1noc2ccccc12)N[C@@H](c1ccccn1)C1CC(O)C1. The number of fused-ring (bicyclic) bond motifs is 1. The van der Waals surface area contributed by atoms with Gasteiger partial charge in [0.1, 0.15) is 5.69 Å². The number of hydrogen-bond acceptors (Lipinski definition) is 5. The fourth-order valence-corrected chi connectivity index (χ4v) is 3.34. The molecule has 1 aliphatic carbocycles. The topological polar surface area (TPSA) is 88.3 Å². The summed E-state index contributed by atoms with van der Waals surface area (Å²) in [5, 5.41) is 17.6. The molecule has 128 valence electrons. The van der Waals surface area contributed by atoms with Gasteiger partial charge in [0, 0.05) is 11.6 Å². The maximum Gasteiger partial charge on any atom is 0.226 e. The third-order valence-corrected chi connectivity index (χ3v) is 4.72. The number of pyridine rings is 1. The quantitative estimate of drug-likeness (QED) is 0.746. The molecule has 0 radical (unpaired) electrons. The van der Waals surface area contributed by atoms with Crippen molar-refractivity contribution in [3.05, 3.63) is 60.0 Å². The number of carbonyl (C=O) groups excluding carboxylic acids is 1. The fourth-order valence-electron chi connectivity index (χ4n) is 3.34. The molecule has 2 aromatic heterocycles. The van der Waals surface area contributed by atoms with Crippen molar-refractivity contribution in [2.75, 3.05) is 0 Å². The molecule has 1 aromatic carbocycles. The first-order valence-corrected chi connectivity index (χ1v) is 8.42. The minimum Gasteiger partial charge on any atom is -0.393 e. The molecule has 2 heterocycles. The number of para-hydroxylation sites is 1. The van der Waals surface area contributed by atoms with Crippen molar-refractivity contribution < 1.29 is 14.4 Å². The van der Waals surface area contributed by atoms with Gasteiger partial charge in [0.2, 0.25) is 5.91 Å². The van der Waals surface area contributed by atoms with Crippen molar-refractivity contribution in [3.8, 4) is 0 Å². The van der Waals surface area contributed by atoms with Crippen LogP contribution in [0, 0.1) is 5.92 Å². The third-order valence-electron chi connectivity index (χ3n) is 4.72. The summed E-state index contributed by atoms with van der Waals surface area (Å²) in [6.45, 7) is 0. The Bertz CT molecular complexity index is 872. The Morgan fingerprint density at radius 3 is 2.80 bits per heavy atom. The number of rotatable bonds is 5. The van der Waals surface area contributed by atoms with Gasteiger partial charge in [0.25, 0.3) is 0 Å². The van der Waals surface area contributed by atoms with E-state index < -0.39 is 0 Å². The van der Waals surface area contributed by atoms with Gasteiger partial charge in [-0.2, -0.15) is 0 Å². The van der Waals surface area contributed by atoms with E-state index in [0.29, 0.717) is 24.1 Å². The number of hydrogen-bond donors (Lipinski definition) is 2. The normalized spacial score (nSPS) is 20.8. The van der Waals surface area contributed by atoms with Crippen LogP contribution in [-0.4, -0.2) is 27.3 Å². The van der Waals surface area contributed by atoms with Gasteiger partial charge in [-0.3, -0.25) is 9.78 Å². The largest absolute Gasteiger partial charge is 0.393 e. The number of aromatic nitrogens is 2. The van der Waals surface area contributed by atoms with E-state index in [1.807, 2.05) is 42.5 Å². The molecule has 1 atom stereocenters. The summed E-state index contributed by atoms with van der Waals surface area (Å²) in [7, 11) is 0. The smallest absolute Gasteiger partial charge is 0.226 e. The first-order chi connectivity index (χ1) is 12.2. The van der Waals surface area contributed by atoms with E-state index in [2.05, 4.69) is 15.5 Å². The predicted octanol–water partition coefficient (Wildman–Crippen LogP) is 2.39. The van der Waals surface area contributed by atoms with Crippen LogP contribution >= 0.6 is 0 Å². The molecular formula is C19H19N3O3. The molecule has 1 amide bonds. The maximum atomic E-state index is 12.6. The number of aliphatic hydroxyl groups excluding tert-OH is 1. The van der Waals surface area contributed by atoms with Crippen molar-refractivity contribution in [2.24, 2.45) is 5.92 Å². The minimum atomic E-state index is -0.285. The molecule has 1 aliphatic rings. The summed E-state index contributed by atoms with van der Waals surface area (Å²) in [6.07, 6.45) is 2.93. The van der Waals surface area contributed by atoms with Crippen molar-refractivity contribution in [3.63, 3.8) is 0 Å². The van der Waals surface area contributed by atoms with Gasteiger partial charge < -0.3 is 14.9 Å². The molecule has 4 rings (SSSR count). The third kappa shape index (κ3) is 3.25. The van der Waals surface area contributed by atoms with Crippen molar-refractivity contribution >= 4 is 16.9 Å². The molecule has 0 spiro atoms. The Morgan fingerprint density at radius 1 is 1.24 bits per heavy atom. The first-order valence-electron chi connectivity index (χ1n) is 8.42. The van der Waals surface area contributed by atoms with Crippen molar-refractivity contribution in [1.82, 2.24) is 15.5 Å². The second-order valence-electron chi connectivity index (χ2n) is 6.49. The molecule has 0 saturated heterocycles. The van der Waals surface area contributed by atoms with E-state index in [9.17, 15) is 9.90 Å². The van der Waals surface area contributed by atoms with Gasteiger partial charge in [-0.05, 0) is 43.0 Å². The van der Waals surface area contributed by atoms with Crippen molar-refractivity contribution in [1.29, 1.82) is 0 Å². The molecule has 3 aromatic rings. The zero-order valence-electron chi connectivity index (χ0n) is 13.6. The van der Waals surface area contributed by atoms with E-state index >= 15 is 0 Å². The standard InChI is InChI=1S/C19H19N3O3/c23-13-9-12(10-13)19(15-6-3-4-8-20-15)21-18(24)11-16-14-5-1-2-7-17(14)25-22-16/h1-8,12-13,19,23H,9-11H2,(H,21,24)/t12?,13?,19-/m1/s1. The van der Waals surface area contributed by atoms with Gasteiger partial charge in [0.15, 0.2) is 5.58 Å².